The standard InChI is InChI=1S/C19H15BrF2N2O2S/c20-14-4-6-15(7-5-14)27(25,26)24-11-10-23-9-1-2-18(23)19(24)13-3-8-16(21)17(22)12-13/h1-9,12,19H,10-11H2/t19-/m1/s1. The summed E-state index contributed by atoms with van der Waals surface area (Å²) in [4.78, 5) is 0.151. The number of fused-ring (bicyclic) bond motifs is 1. The lowest BCUT2D eigenvalue weighted by atomic mass is 10.0. The molecule has 0 bridgehead atoms. The fourth-order valence-electron chi connectivity index (χ4n) is 3.38. The van der Waals surface area contributed by atoms with Crippen LogP contribution in [0.4, 0.5) is 8.78 Å². The molecule has 1 aliphatic heterocycles. The highest BCUT2D eigenvalue weighted by atomic mass is 79.9. The van der Waals surface area contributed by atoms with E-state index in [9.17, 15) is 17.2 Å². The van der Waals surface area contributed by atoms with Crippen LogP contribution in [0.3, 0.4) is 0 Å². The van der Waals surface area contributed by atoms with Crippen LogP contribution in [-0.2, 0) is 16.6 Å². The molecule has 0 saturated carbocycles. The minimum Gasteiger partial charge on any atom is -0.348 e. The van der Waals surface area contributed by atoms with Gasteiger partial charge in [0.05, 0.1) is 10.9 Å². The Morgan fingerprint density at radius 1 is 0.963 bits per heavy atom. The zero-order valence-electron chi connectivity index (χ0n) is 14.0. The molecule has 0 saturated heterocycles. The molecule has 0 spiro atoms. The Bertz CT molecular complexity index is 1100. The molecule has 3 aromatic rings. The number of rotatable bonds is 3. The van der Waals surface area contributed by atoms with Crippen molar-refractivity contribution in [2.45, 2.75) is 17.5 Å². The minimum absolute atomic E-state index is 0.151. The predicted octanol–water partition coefficient (Wildman–Crippen LogP) is 4.32. The molecule has 2 aromatic carbocycles. The third-order valence-corrected chi connectivity index (χ3v) is 7.08. The Balaban J connectivity index is 1.85. The first-order valence-corrected chi connectivity index (χ1v) is 10.5. The molecule has 0 aliphatic carbocycles. The molecule has 8 heteroatoms. The smallest absolute Gasteiger partial charge is 0.244 e. The molecule has 0 radical (unpaired) electrons. The van der Waals surface area contributed by atoms with E-state index in [2.05, 4.69) is 15.9 Å². The Kier molecular flexibility index (Phi) is 4.65. The Morgan fingerprint density at radius 2 is 1.70 bits per heavy atom. The summed E-state index contributed by atoms with van der Waals surface area (Å²) in [5, 5.41) is 0. The highest BCUT2D eigenvalue weighted by Gasteiger charge is 2.37. The maximum Gasteiger partial charge on any atom is 0.244 e. The summed E-state index contributed by atoms with van der Waals surface area (Å²) < 4.78 is 57.9. The van der Waals surface area contributed by atoms with Gasteiger partial charge in [-0.15, -0.1) is 0 Å². The van der Waals surface area contributed by atoms with Crippen molar-refractivity contribution in [1.82, 2.24) is 8.87 Å². The molecule has 0 fully saturated rings. The first-order valence-electron chi connectivity index (χ1n) is 8.25. The highest BCUT2D eigenvalue weighted by Crippen LogP contribution is 2.37. The number of nitrogens with zero attached hydrogens (tertiary/aromatic N) is 2. The molecule has 1 aliphatic rings. The van der Waals surface area contributed by atoms with Crippen LogP contribution < -0.4 is 0 Å². The van der Waals surface area contributed by atoms with Crippen molar-refractivity contribution in [3.63, 3.8) is 0 Å². The van der Waals surface area contributed by atoms with Crippen LogP contribution in [0.15, 0.2) is 70.2 Å². The zero-order valence-corrected chi connectivity index (χ0v) is 16.4. The summed E-state index contributed by atoms with van der Waals surface area (Å²) in [5.41, 5.74) is 1.10. The molecule has 1 atom stereocenters. The number of halogens is 3. The maximum absolute atomic E-state index is 13.9. The second-order valence-electron chi connectivity index (χ2n) is 6.27. The quantitative estimate of drug-likeness (QED) is 0.593. The molecule has 0 unspecified atom stereocenters. The van der Waals surface area contributed by atoms with E-state index < -0.39 is 27.7 Å². The van der Waals surface area contributed by atoms with Crippen LogP contribution in [0.25, 0.3) is 0 Å². The van der Waals surface area contributed by atoms with Crippen LogP contribution in [0.2, 0.25) is 0 Å². The van der Waals surface area contributed by atoms with E-state index in [0.29, 0.717) is 17.8 Å². The van der Waals surface area contributed by atoms with E-state index in [0.717, 1.165) is 16.6 Å². The van der Waals surface area contributed by atoms with Gasteiger partial charge in [0.1, 0.15) is 0 Å². The van der Waals surface area contributed by atoms with Gasteiger partial charge >= 0.3 is 0 Å². The fraction of sp³-hybridized carbons (Fsp3) is 0.158. The second-order valence-corrected chi connectivity index (χ2v) is 9.08. The van der Waals surface area contributed by atoms with Gasteiger partial charge in [0.25, 0.3) is 0 Å². The van der Waals surface area contributed by atoms with E-state index in [1.165, 1.54) is 22.5 Å². The van der Waals surface area contributed by atoms with Gasteiger partial charge < -0.3 is 4.57 Å². The molecular formula is C19H15BrF2N2O2S. The van der Waals surface area contributed by atoms with E-state index in [4.69, 9.17) is 0 Å². The summed E-state index contributed by atoms with van der Waals surface area (Å²) in [5.74, 6) is -1.97. The maximum atomic E-state index is 13.9. The molecular weight excluding hydrogens is 438 g/mol. The monoisotopic (exact) mass is 452 g/mol. The van der Waals surface area contributed by atoms with Crippen molar-refractivity contribution in [3.8, 4) is 0 Å². The van der Waals surface area contributed by atoms with Crippen molar-refractivity contribution in [3.05, 3.63) is 88.2 Å². The lowest BCUT2D eigenvalue weighted by Crippen LogP contribution is -2.42. The number of hydrogen-bond donors (Lipinski definition) is 0. The van der Waals surface area contributed by atoms with Gasteiger partial charge in [-0.2, -0.15) is 4.31 Å². The van der Waals surface area contributed by atoms with Gasteiger partial charge in [-0.3, -0.25) is 0 Å². The summed E-state index contributed by atoms with van der Waals surface area (Å²) >= 11 is 3.30. The molecule has 0 amide bonds. The van der Waals surface area contributed by atoms with Crippen LogP contribution in [0.1, 0.15) is 17.3 Å². The molecule has 0 N–H and O–H groups in total. The summed E-state index contributed by atoms with van der Waals surface area (Å²) in [6.45, 7) is 0.710. The Hall–Kier alpha value is -2.03. The predicted molar refractivity (Wildman–Crippen MR) is 101 cm³/mol. The first kappa shape index (κ1) is 18.3. The third kappa shape index (κ3) is 3.22. The van der Waals surface area contributed by atoms with Gasteiger partial charge in [0.2, 0.25) is 10.0 Å². The number of aromatic nitrogens is 1. The van der Waals surface area contributed by atoms with Crippen molar-refractivity contribution in [2.24, 2.45) is 0 Å². The molecule has 140 valence electrons. The molecule has 4 rings (SSSR count). The number of sulfonamides is 1. The van der Waals surface area contributed by atoms with Crippen LogP contribution in [0.5, 0.6) is 0 Å². The van der Waals surface area contributed by atoms with Crippen molar-refractivity contribution in [1.29, 1.82) is 0 Å². The van der Waals surface area contributed by atoms with E-state index in [1.54, 1.807) is 18.2 Å². The average Bonchev–Trinajstić information content (AvgIpc) is 3.12. The molecule has 27 heavy (non-hydrogen) atoms. The lowest BCUT2D eigenvalue weighted by molar-refractivity contribution is 0.297. The summed E-state index contributed by atoms with van der Waals surface area (Å²) in [7, 11) is -3.84. The van der Waals surface area contributed by atoms with Crippen molar-refractivity contribution < 1.29 is 17.2 Å². The van der Waals surface area contributed by atoms with Gasteiger partial charge in [-0.05, 0) is 54.1 Å². The normalized spacial score (nSPS) is 17.7. The Labute approximate surface area is 164 Å². The second kappa shape index (κ2) is 6.85. The van der Waals surface area contributed by atoms with Gasteiger partial charge in [0.15, 0.2) is 11.6 Å². The van der Waals surface area contributed by atoms with E-state index in [1.807, 2.05) is 16.8 Å². The van der Waals surface area contributed by atoms with E-state index >= 15 is 0 Å². The Morgan fingerprint density at radius 3 is 2.41 bits per heavy atom. The first-order chi connectivity index (χ1) is 12.9. The molecule has 2 heterocycles. The van der Waals surface area contributed by atoms with E-state index in [-0.39, 0.29) is 11.4 Å². The minimum atomic E-state index is -3.84. The fourth-order valence-corrected chi connectivity index (χ4v) is 5.23. The lowest BCUT2D eigenvalue weighted by Gasteiger charge is -2.36. The van der Waals surface area contributed by atoms with Crippen LogP contribution in [0, 0.1) is 11.6 Å². The molecule has 4 nitrogen and oxygen atoms in total. The topological polar surface area (TPSA) is 42.3 Å². The van der Waals surface area contributed by atoms with Crippen molar-refractivity contribution in [2.75, 3.05) is 6.54 Å². The largest absolute Gasteiger partial charge is 0.348 e. The third-order valence-electron chi connectivity index (χ3n) is 4.67. The summed E-state index contributed by atoms with van der Waals surface area (Å²) in [6, 6.07) is 12.8. The zero-order chi connectivity index (χ0) is 19.2. The SMILES string of the molecule is O=S(=O)(c1ccc(Br)cc1)N1CCn2cccc2[C@H]1c1ccc(F)c(F)c1. The van der Waals surface area contributed by atoms with Gasteiger partial charge in [0, 0.05) is 29.5 Å². The van der Waals surface area contributed by atoms with Crippen LogP contribution >= 0.6 is 15.9 Å². The number of hydrogen-bond acceptors (Lipinski definition) is 2. The average molecular weight is 453 g/mol. The molecule has 1 aromatic heterocycles. The summed E-state index contributed by atoms with van der Waals surface area (Å²) in [6.07, 6.45) is 1.85. The highest BCUT2D eigenvalue weighted by molar-refractivity contribution is 9.10. The van der Waals surface area contributed by atoms with Crippen molar-refractivity contribution >= 4 is 26.0 Å². The number of benzene rings is 2. The van der Waals surface area contributed by atoms with Gasteiger partial charge in [-0.1, -0.05) is 22.0 Å². The van der Waals surface area contributed by atoms with Gasteiger partial charge in [-0.25, -0.2) is 17.2 Å². The van der Waals surface area contributed by atoms with Crippen LogP contribution in [-0.4, -0.2) is 23.8 Å².